The van der Waals surface area contributed by atoms with Gasteiger partial charge in [-0.25, -0.2) is 0 Å². The van der Waals surface area contributed by atoms with Crippen LogP contribution in [0.5, 0.6) is 0 Å². The zero-order chi connectivity index (χ0) is 12.8. The third kappa shape index (κ3) is 3.74. The molecule has 2 heteroatoms. The van der Waals surface area contributed by atoms with Crippen molar-refractivity contribution in [2.24, 2.45) is 0 Å². The van der Waals surface area contributed by atoms with Crippen LogP contribution in [0.1, 0.15) is 51.7 Å². The predicted molar refractivity (Wildman–Crippen MR) is 74.5 cm³/mol. The third-order valence-electron chi connectivity index (χ3n) is 3.44. The molecule has 0 aliphatic heterocycles. The van der Waals surface area contributed by atoms with Crippen LogP contribution >= 0.6 is 0 Å². The summed E-state index contributed by atoms with van der Waals surface area (Å²) in [5.74, 6) is 0. The molecule has 1 aromatic carbocycles. The van der Waals surface area contributed by atoms with E-state index in [1.807, 2.05) is 19.1 Å². The molecule has 0 aliphatic carbocycles. The van der Waals surface area contributed by atoms with Crippen LogP contribution in [0.2, 0.25) is 0 Å². The van der Waals surface area contributed by atoms with Gasteiger partial charge in [-0.3, -0.25) is 0 Å². The van der Waals surface area contributed by atoms with Crippen LogP contribution in [0.15, 0.2) is 24.3 Å². The van der Waals surface area contributed by atoms with Crippen molar-refractivity contribution in [1.29, 1.82) is 0 Å². The van der Waals surface area contributed by atoms with Crippen molar-refractivity contribution in [3.05, 3.63) is 29.8 Å². The molecule has 0 saturated heterocycles. The number of aliphatic hydroxyl groups excluding tert-OH is 1. The third-order valence-corrected chi connectivity index (χ3v) is 3.44. The molecule has 0 bridgehead atoms. The predicted octanol–water partition coefficient (Wildman–Crippen LogP) is 3.75. The van der Waals surface area contributed by atoms with E-state index in [1.54, 1.807) is 0 Å². The molecule has 0 radical (unpaired) electrons. The van der Waals surface area contributed by atoms with Gasteiger partial charge in [-0.15, -0.1) is 0 Å². The summed E-state index contributed by atoms with van der Waals surface area (Å²) in [5, 5.41) is 9.74. The summed E-state index contributed by atoms with van der Waals surface area (Å²) in [5.41, 5.74) is 2.23. The Morgan fingerprint density at radius 1 is 1.18 bits per heavy atom. The summed E-state index contributed by atoms with van der Waals surface area (Å²) in [6.45, 7) is 6.46. The lowest BCUT2D eigenvalue weighted by atomic mass is 10.1. The van der Waals surface area contributed by atoms with Gasteiger partial charge in [0.05, 0.1) is 6.10 Å². The number of hydrogen-bond donors (Lipinski definition) is 1. The van der Waals surface area contributed by atoms with Gasteiger partial charge < -0.3 is 10.0 Å². The molecular formula is C15H25NO. The first kappa shape index (κ1) is 14.0. The standard InChI is InChI=1S/C15H25NO/c1-5-7-12(3)16(4)14-10-8-13(9-11-14)15(17)6-2/h8-12,15,17H,5-7H2,1-4H3. The lowest BCUT2D eigenvalue weighted by molar-refractivity contribution is 0.173. The van der Waals surface area contributed by atoms with E-state index in [4.69, 9.17) is 0 Å². The van der Waals surface area contributed by atoms with Crippen LogP contribution in [0, 0.1) is 0 Å². The maximum atomic E-state index is 9.74. The Kier molecular flexibility index (Phi) is 5.49. The Hall–Kier alpha value is -1.02. The molecule has 0 aromatic heterocycles. The molecule has 2 unspecified atom stereocenters. The van der Waals surface area contributed by atoms with Crippen LogP contribution in [0.3, 0.4) is 0 Å². The van der Waals surface area contributed by atoms with E-state index in [9.17, 15) is 5.11 Å². The van der Waals surface area contributed by atoms with Crippen LogP contribution in [0.25, 0.3) is 0 Å². The topological polar surface area (TPSA) is 23.5 Å². The van der Waals surface area contributed by atoms with Gasteiger partial charge in [-0.05, 0) is 37.5 Å². The second-order valence-electron chi connectivity index (χ2n) is 4.76. The Bertz CT molecular complexity index is 320. The van der Waals surface area contributed by atoms with E-state index >= 15 is 0 Å². The Labute approximate surface area is 105 Å². The van der Waals surface area contributed by atoms with E-state index in [-0.39, 0.29) is 6.10 Å². The highest BCUT2D eigenvalue weighted by molar-refractivity contribution is 5.48. The largest absolute Gasteiger partial charge is 0.388 e. The summed E-state index contributed by atoms with van der Waals surface area (Å²) >= 11 is 0. The number of hydrogen-bond acceptors (Lipinski definition) is 2. The van der Waals surface area contributed by atoms with E-state index in [2.05, 4.69) is 37.9 Å². The van der Waals surface area contributed by atoms with Gasteiger partial charge in [0.1, 0.15) is 0 Å². The monoisotopic (exact) mass is 235 g/mol. The first-order valence-corrected chi connectivity index (χ1v) is 6.61. The molecular weight excluding hydrogens is 210 g/mol. The minimum atomic E-state index is -0.331. The second-order valence-corrected chi connectivity index (χ2v) is 4.76. The highest BCUT2D eigenvalue weighted by atomic mass is 16.3. The van der Waals surface area contributed by atoms with Crippen molar-refractivity contribution >= 4 is 5.69 Å². The van der Waals surface area contributed by atoms with Crippen molar-refractivity contribution < 1.29 is 5.11 Å². The lowest BCUT2D eigenvalue weighted by Gasteiger charge is -2.27. The second kappa shape index (κ2) is 6.65. The Balaban J connectivity index is 2.73. The van der Waals surface area contributed by atoms with Gasteiger partial charge >= 0.3 is 0 Å². The fourth-order valence-corrected chi connectivity index (χ4v) is 2.03. The molecule has 0 spiro atoms. The van der Waals surface area contributed by atoms with E-state index < -0.39 is 0 Å². The van der Waals surface area contributed by atoms with Crippen LogP contribution in [-0.4, -0.2) is 18.2 Å². The molecule has 0 fully saturated rings. The first-order chi connectivity index (χ1) is 8.10. The smallest absolute Gasteiger partial charge is 0.0787 e. The quantitative estimate of drug-likeness (QED) is 0.811. The van der Waals surface area contributed by atoms with Gasteiger partial charge in [-0.2, -0.15) is 0 Å². The van der Waals surface area contributed by atoms with Crippen molar-refractivity contribution in [3.8, 4) is 0 Å². The Morgan fingerprint density at radius 3 is 2.24 bits per heavy atom. The molecule has 17 heavy (non-hydrogen) atoms. The lowest BCUT2D eigenvalue weighted by Crippen LogP contribution is -2.28. The molecule has 0 saturated carbocycles. The van der Waals surface area contributed by atoms with Crippen molar-refractivity contribution in [1.82, 2.24) is 0 Å². The first-order valence-electron chi connectivity index (χ1n) is 6.61. The van der Waals surface area contributed by atoms with E-state index in [0.29, 0.717) is 6.04 Å². The van der Waals surface area contributed by atoms with Gasteiger partial charge in [0, 0.05) is 18.8 Å². The molecule has 1 N–H and O–H groups in total. The van der Waals surface area contributed by atoms with Crippen LogP contribution < -0.4 is 4.90 Å². The summed E-state index contributed by atoms with van der Waals surface area (Å²) < 4.78 is 0. The Morgan fingerprint density at radius 2 is 1.76 bits per heavy atom. The minimum absolute atomic E-state index is 0.331. The molecule has 0 amide bonds. The zero-order valence-electron chi connectivity index (χ0n) is 11.5. The molecule has 1 rings (SSSR count). The molecule has 2 nitrogen and oxygen atoms in total. The van der Waals surface area contributed by atoms with Crippen molar-refractivity contribution in [2.75, 3.05) is 11.9 Å². The van der Waals surface area contributed by atoms with Gasteiger partial charge in [0.15, 0.2) is 0 Å². The molecule has 0 aliphatic rings. The fourth-order valence-electron chi connectivity index (χ4n) is 2.03. The average molecular weight is 235 g/mol. The van der Waals surface area contributed by atoms with Gasteiger partial charge in [0.25, 0.3) is 0 Å². The maximum absolute atomic E-state index is 9.74. The highest BCUT2D eigenvalue weighted by Gasteiger charge is 2.10. The highest BCUT2D eigenvalue weighted by Crippen LogP contribution is 2.22. The van der Waals surface area contributed by atoms with Crippen molar-refractivity contribution in [3.63, 3.8) is 0 Å². The van der Waals surface area contributed by atoms with Crippen LogP contribution in [0.4, 0.5) is 5.69 Å². The summed E-state index contributed by atoms with van der Waals surface area (Å²) in [6, 6.07) is 8.81. The molecule has 2 atom stereocenters. The maximum Gasteiger partial charge on any atom is 0.0787 e. The minimum Gasteiger partial charge on any atom is -0.388 e. The zero-order valence-corrected chi connectivity index (χ0v) is 11.5. The molecule has 96 valence electrons. The van der Waals surface area contributed by atoms with Gasteiger partial charge in [-0.1, -0.05) is 32.4 Å². The normalized spacial score (nSPS) is 14.4. The summed E-state index contributed by atoms with van der Waals surface area (Å²) in [7, 11) is 2.13. The van der Waals surface area contributed by atoms with E-state index in [1.165, 1.54) is 18.5 Å². The SMILES string of the molecule is CCCC(C)N(C)c1ccc(C(O)CC)cc1. The van der Waals surface area contributed by atoms with Crippen molar-refractivity contribution in [2.45, 2.75) is 52.2 Å². The average Bonchev–Trinajstić information content (AvgIpc) is 2.37. The number of anilines is 1. The number of nitrogens with zero attached hydrogens (tertiary/aromatic N) is 1. The molecule has 0 heterocycles. The molecule has 1 aromatic rings. The fraction of sp³-hybridized carbons (Fsp3) is 0.600. The summed E-state index contributed by atoms with van der Waals surface area (Å²) in [6.07, 6.45) is 2.84. The van der Waals surface area contributed by atoms with E-state index in [0.717, 1.165) is 12.0 Å². The summed E-state index contributed by atoms with van der Waals surface area (Å²) in [4.78, 5) is 2.30. The van der Waals surface area contributed by atoms with Crippen LogP contribution in [-0.2, 0) is 0 Å². The number of rotatable bonds is 6. The van der Waals surface area contributed by atoms with Gasteiger partial charge in [0.2, 0.25) is 0 Å². The number of aliphatic hydroxyl groups is 1. The number of benzene rings is 1.